The average Bonchev–Trinajstić information content (AvgIpc) is 3.04. The number of para-hydroxylation sites is 1. The first-order valence-corrected chi connectivity index (χ1v) is 9.35. The Kier molecular flexibility index (Phi) is 3.37. The van der Waals surface area contributed by atoms with E-state index in [9.17, 15) is 4.79 Å². The lowest BCUT2D eigenvalue weighted by Gasteiger charge is -2.13. The van der Waals surface area contributed by atoms with E-state index in [2.05, 4.69) is 42.5 Å². The second kappa shape index (κ2) is 5.75. The van der Waals surface area contributed by atoms with E-state index in [4.69, 9.17) is 4.98 Å². The van der Waals surface area contributed by atoms with E-state index in [1.54, 1.807) is 18.3 Å². The van der Waals surface area contributed by atoms with E-state index in [-0.39, 0.29) is 5.78 Å². The second-order valence-electron chi connectivity index (χ2n) is 6.42. The summed E-state index contributed by atoms with van der Waals surface area (Å²) in [5.41, 5.74) is 5.23. The molecule has 3 heteroatoms. The maximum atomic E-state index is 12.0. The quantitative estimate of drug-likeness (QED) is 0.343. The number of ketones is 1. The van der Waals surface area contributed by atoms with Gasteiger partial charge < -0.3 is 0 Å². The monoisotopic (exact) mass is 353 g/mol. The van der Waals surface area contributed by atoms with Gasteiger partial charge in [0.1, 0.15) is 5.01 Å². The van der Waals surface area contributed by atoms with Gasteiger partial charge in [-0.2, -0.15) is 0 Å². The van der Waals surface area contributed by atoms with Crippen LogP contribution in [0.25, 0.3) is 42.7 Å². The predicted octanol–water partition coefficient (Wildman–Crippen LogP) is 6.42. The lowest BCUT2D eigenvalue weighted by atomic mass is 9.95. The molecular weight excluding hydrogens is 338 g/mol. The van der Waals surface area contributed by atoms with Gasteiger partial charge in [0.15, 0.2) is 5.78 Å². The zero-order valence-electron chi connectivity index (χ0n) is 14.2. The highest BCUT2D eigenvalue weighted by atomic mass is 32.1. The molecule has 0 saturated carbocycles. The minimum atomic E-state index is 0.0847. The number of rotatable bonds is 2. The van der Waals surface area contributed by atoms with Gasteiger partial charge in [-0.15, -0.1) is 11.3 Å². The molecule has 2 aliphatic rings. The molecule has 0 radical (unpaired) electrons. The van der Waals surface area contributed by atoms with Crippen LogP contribution in [0.1, 0.15) is 17.3 Å². The van der Waals surface area contributed by atoms with Crippen molar-refractivity contribution in [1.82, 2.24) is 4.98 Å². The SMILES string of the molecule is CC(=O)c1ccc2sc3nc4ccccc4c-3c(-c3ccccc3)c2c1. The second-order valence-corrected chi connectivity index (χ2v) is 7.45. The van der Waals surface area contributed by atoms with Gasteiger partial charge in [-0.05, 0) is 36.8 Å². The van der Waals surface area contributed by atoms with E-state index in [0.717, 1.165) is 42.7 Å². The maximum absolute atomic E-state index is 12.0. The van der Waals surface area contributed by atoms with Gasteiger partial charge in [-0.3, -0.25) is 4.79 Å². The smallest absolute Gasteiger partial charge is 0.159 e. The van der Waals surface area contributed by atoms with Crippen molar-refractivity contribution in [1.29, 1.82) is 0 Å². The largest absolute Gasteiger partial charge is 0.295 e. The Morgan fingerprint density at radius 1 is 0.846 bits per heavy atom. The summed E-state index contributed by atoms with van der Waals surface area (Å²) in [6, 6.07) is 24.6. The zero-order chi connectivity index (χ0) is 17.7. The number of nitrogens with zero attached hydrogens (tertiary/aromatic N) is 1. The third-order valence-electron chi connectivity index (χ3n) is 4.78. The van der Waals surface area contributed by atoms with Crippen LogP contribution < -0.4 is 0 Å². The van der Waals surface area contributed by atoms with Crippen molar-refractivity contribution in [2.45, 2.75) is 6.92 Å². The van der Waals surface area contributed by atoms with Crippen LogP contribution >= 0.6 is 11.3 Å². The van der Waals surface area contributed by atoms with E-state index in [1.807, 2.05) is 30.3 Å². The standard InChI is InChI=1S/C23H15NOS/c1-14(25)16-11-12-20-18(13-16)21(15-7-3-2-4-8-15)22-17-9-5-6-10-19(17)24-23(22)26-20/h2-13H,1H3. The number of benzene rings is 3. The van der Waals surface area contributed by atoms with E-state index in [0.29, 0.717) is 0 Å². The number of carbonyl (C=O) groups excluding carboxylic acids is 1. The summed E-state index contributed by atoms with van der Waals surface area (Å²) in [6.07, 6.45) is 0. The Morgan fingerprint density at radius 2 is 1.62 bits per heavy atom. The molecule has 0 bridgehead atoms. The summed E-state index contributed by atoms with van der Waals surface area (Å²) in [5, 5.41) is 3.31. The van der Waals surface area contributed by atoms with Gasteiger partial charge in [0.2, 0.25) is 0 Å². The number of fused-ring (bicyclic) bond motifs is 4. The molecule has 2 aliphatic heterocycles. The molecule has 0 atom stereocenters. The highest BCUT2D eigenvalue weighted by Gasteiger charge is 2.21. The van der Waals surface area contributed by atoms with Crippen LogP contribution in [0.15, 0.2) is 72.8 Å². The van der Waals surface area contributed by atoms with Gasteiger partial charge in [0.05, 0.1) is 5.52 Å². The minimum Gasteiger partial charge on any atom is -0.295 e. The summed E-state index contributed by atoms with van der Waals surface area (Å²) < 4.78 is 1.14. The number of Topliss-reactive ketones (excluding diaryl/α,β-unsaturated/α-hetero) is 1. The Morgan fingerprint density at radius 3 is 2.42 bits per heavy atom. The summed E-state index contributed by atoms with van der Waals surface area (Å²) in [5.74, 6) is 0.0847. The number of aromatic nitrogens is 1. The first kappa shape index (κ1) is 15.2. The van der Waals surface area contributed by atoms with Gasteiger partial charge >= 0.3 is 0 Å². The lowest BCUT2D eigenvalue weighted by molar-refractivity contribution is 0.101. The number of hydrogen-bond acceptors (Lipinski definition) is 3. The van der Waals surface area contributed by atoms with Gasteiger partial charge in [0.25, 0.3) is 0 Å². The van der Waals surface area contributed by atoms with E-state index in [1.165, 1.54) is 5.56 Å². The Bertz CT molecular complexity index is 1250. The van der Waals surface area contributed by atoms with E-state index < -0.39 is 0 Å². The first-order valence-electron chi connectivity index (χ1n) is 8.54. The minimum absolute atomic E-state index is 0.0847. The van der Waals surface area contributed by atoms with Crippen LogP contribution in [-0.4, -0.2) is 10.8 Å². The molecular formula is C23H15NOS. The van der Waals surface area contributed by atoms with Crippen molar-refractivity contribution in [2.75, 3.05) is 0 Å². The Balaban J connectivity index is 2.02. The van der Waals surface area contributed by atoms with Crippen molar-refractivity contribution < 1.29 is 4.79 Å². The molecule has 5 rings (SSSR count). The maximum Gasteiger partial charge on any atom is 0.159 e. The number of carbonyl (C=O) groups is 1. The molecule has 3 aromatic rings. The van der Waals surface area contributed by atoms with Crippen LogP contribution in [-0.2, 0) is 0 Å². The van der Waals surface area contributed by atoms with Gasteiger partial charge in [-0.1, -0.05) is 48.5 Å². The molecule has 3 aromatic carbocycles. The van der Waals surface area contributed by atoms with Crippen molar-refractivity contribution in [3.8, 4) is 21.7 Å². The lowest BCUT2D eigenvalue weighted by Crippen LogP contribution is -1.93. The Labute approximate surface area is 155 Å². The van der Waals surface area contributed by atoms with Crippen molar-refractivity contribution >= 4 is 38.1 Å². The summed E-state index contributed by atoms with van der Waals surface area (Å²) in [7, 11) is 0. The zero-order valence-corrected chi connectivity index (χ0v) is 15.0. The summed E-state index contributed by atoms with van der Waals surface area (Å²) in [4.78, 5) is 16.8. The van der Waals surface area contributed by atoms with Crippen molar-refractivity contribution in [2.24, 2.45) is 0 Å². The topological polar surface area (TPSA) is 30.0 Å². The molecule has 0 aromatic heterocycles. The van der Waals surface area contributed by atoms with Crippen molar-refractivity contribution in [3.05, 3.63) is 78.4 Å². The highest BCUT2D eigenvalue weighted by molar-refractivity contribution is 7.21. The van der Waals surface area contributed by atoms with Crippen LogP contribution in [0.4, 0.5) is 0 Å². The molecule has 124 valence electrons. The van der Waals surface area contributed by atoms with E-state index >= 15 is 0 Å². The van der Waals surface area contributed by atoms with Crippen LogP contribution in [0, 0.1) is 0 Å². The molecule has 0 amide bonds. The van der Waals surface area contributed by atoms with Gasteiger partial charge in [-0.25, -0.2) is 4.98 Å². The molecule has 0 spiro atoms. The average molecular weight is 353 g/mol. The molecule has 26 heavy (non-hydrogen) atoms. The van der Waals surface area contributed by atoms with Gasteiger partial charge in [0, 0.05) is 32.2 Å². The molecule has 0 saturated heterocycles. The number of hydrogen-bond donors (Lipinski definition) is 0. The fraction of sp³-hybridized carbons (Fsp3) is 0.0435. The predicted molar refractivity (Wildman–Crippen MR) is 109 cm³/mol. The Hall–Kier alpha value is -3.04. The molecule has 0 unspecified atom stereocenters. The fourth-order valence-corrected chi connectivity index (χ4v) is 4.63. The first-order chi connectivity index (χ1) is 12.7. The third-order valence-corrected chi connectivity index (χ3v) is 5.85. The van der Waals surface area contributed by atoms with Crippen LogP contribution in [0.3, 0.4) is 0 Å². The van der Waals surface area contributed by atoms with Crippen molar-refractivity contribution in [3.63, 3.8) is 0 Å². The van der Waals surface area contributed by atoms with Crippen LogP contribution in [0.2, 0.25) is 0 Å². The molecule has 2 heterocycles. The molecule has 0 aliphatic carbocycles. The normalized spacial score (nSPS) is 11.4. The molecule has 2 nitrogen and oxygen atoms in total. The summed E-state index contributed by atoms with van der Waals surface area (Å²) in [6.45, 7) is 1.62. The highest BCUT2D eigenvalue weighted by Crippen LogP contribution is 2.46. The molecule has 0 N–H and O–H groups in total. The fourth-order valence-electron chi connectivity index (χ4n) is 3.56. The third kappa shape index (κ3) is 2.25. The van der Waals surface area contributed by atoms with Crippen LogP contribution in [0.5, 0.6) is 0 Å². The molecule has 0 fully saturated rings. The summed E-state index contributed by atoms with van der Waals surface area (Å²) >= 11 is 1.68.